The van der Waals surface area contributed by atoms with Gasteiger partial charge in [0.25, 0.3) is 0 Å². The van der Waals surface area contributed by atoms with Gasteiger partial charge in [-0.2, -0.15) is 0 Å². The maximum atomic E-state index is 5.75. The van der Waals surface area contributed by atoms with Crippen LogP contribution in [0.3, 0.4) is 0 Å². The third-order valence-corrected chi connectivity index (χ3v) is 3.18. The van der Waals surface area contributed by atoms with E-state index in [1.54, 1.807) is 12.4 Å². The van der Waals surface area contributed by atoms with Crippen LogP contribution in [0.4, 0.5) is 0 Å². The average molecular weight is 253 g/mol. The molecule has 5 heteroatoms. The van der Waals surface area contributed by atoms with Crippen LogP contribution in [-0.4, -0.2) is 19.9 Å². The predicted molar refractivity (Wildman–Crippen MR) is 74.4 cm³/mol. The lowest BCUT2D eigenvalue weighted by Gasteiger charge is -2.05. The number of hydrogen-bond donors (Lipinski definition) is 2. The molecule has 0 radical (unpaired) electrons. The van der Waals surface area contributed by atoms with Crippen molar-refractivity contribution < 1.29 is 0 Å². The van der Waals surface area contributed by atoms with Crippen LogP contribution in [0.2, 0.25) is 0 Å². The fourth-order valence-electron chi connectivity index (χ4n) is 2.22. The summed E-state index contributed by atoms with van der Waals surface area (Å²) in [6.45, 7) is 2.58. The van der Waals surface area contributed by atoms with Gasteiger partial charge in [0.05, 0.1) is 5.69 Å². The van der Waals surface area contributed by atoms with E-state index < -0.39 is 0 Å². The molecular weight excluding hydrogens is 238 g/mol. The highest BCUT2D eigenvalue weighted by atomic mass is 15.0. The molecule has 0 aliphatic rings. The molecule has 19 heavy (non-hydrogen) atoms. The molecule has 3 heterocycles. The largest absolute Gasteiger partial charge is 0.346 e. The highest BCUT2D eigenvalue weighted by molar-refractivity contribution is 5.84. The summed E-state index contributed by atoms with van der Waals surface area (Å²) in [6.07, 6.45) is 6.25. The van der Waals surface area contributed by atoms with Crippen molar-refractivity contribution in [1.29, 1.82) is 0 Å². The van der Waals surface area contributed by atoms with Crippen LogP contribution in [0, 0.1) is 0 Å². The summed E-state index contributed by atoms with van der Waals surface area (Å²) >= 11 is 0. The van der Waals surface area contributed by atoms with Gasteiger partial charge in [0, 0.05) is 36.1 Å². The quantitative estimate of drug-likeness (QED) is 0.748. The Morgan fingerprint density at radius 3 is 2.68 bits per heavy atom. The maximum absolute atomic E-state index is 5.75. The normalized spacial score (nSPS) is 11.1. The first-order chi connectivity index (χ1) is 9.33. The number of nitrogens with one attached hydrogen (secondary N) is 1. The summed E-state index contributed by atoms with van der Waals surface area (Å²) in [5.74, 6) is 0.720. The predicted octanol–water partition coefficient (Wildman–Crippen LogP) is 2.04. The minimum atomic E-state index is 0.491. The van der Waals surface area contributed by atoms with Crippen molar-refractivity contribution in [3.8, 4) is 11.4 Å². The zero-order valence-corrected chi connectivity index (χ0v) is 10.7. The Morgan fingerprint density at radius 2 is 2.00 bits per heavy atom. The van der Waals surface area contributed by atoms with Crippen molar-refractivity contribution in [3.05, 3.63) is 42.0 Å². The van der Waals surface area contributed by atoms with Gasteiger partial charge in [-0.25, -0.2) is 9.97 Å². The number of fused-ring (bicyclic) bond motifs is 1. The molecule has 0 aliphatic heterocycles. The minimum absolute atomic E-state index is 0.491. The molecular formula is C14H15N5. The van der Waals surface area contributed by atoms with Gasteiger partial charge < -0.3 is 10.7 Å². The molecule has 0 bridgehead atoms. The zero-order chi connectivity index (χ0) is 13.2. The molecule has 96 valence electrons. The molecule has 0 saturated carbocycles. The van der Waals surface area contributed by atoms with Crippen LogP contribution in [0.1, 0.15) is 18.2 Å². The number of nitrogens with two attached hydrogens (primary N) is 1. The summed E-state index contributed by atoms with van der Waals surface area (Å²) < 4.78 is 0. The topological polar surface area (TPSA) is 80.5 Å². The lowest BCUT2D eigenvalue weighted by Crippen LogP contribution is -2.00. The van der Waals surface area contributed by atoms with E-state index in [4.69, 9.17) is 5.73 Å². The summed E-state index contributed by atoms with van der Waals surface area (Å²) in [4.78, 5) is 16.4. The van der Waals surface area contributed by atoms with E-state index in [1.165, 1.54) is 0 Å². The lowest BCUT2D eigenvalue weighted by atomic mass is 10.1. The van der Waals surface area contributed by atoms with Gasteiger partial charge in [-0.05, 0) is 24.1 Å². The van der Waals surface area contributed by atoms with E-state index in [0.717, 1.165) is 40.1 Å². The molecule has 3 aromatic heterocycles. The van der Waals surface area contributed by atoms with Crippen LogP contribution in [0.5, 0.6) is 0 Å². The molecule has 0 aliphatic carbocycles. The average Bonchev–Trinajstić information content (AvgIpc) is 2.90. The summed E-state index contributed by atoms with van der Waals surface area (Å²) in [7, 11) is 0. The van der Waals surface area contributed by atoms with E-state index in [-0.39, 0.29) is 0 Å². The molecule has 3 N–H and O–H groups in total. The van der Waals surface area contributed by atoms with E-state index in [1.807, 2.05) is 18.3 Å². The third-order valence-electron chi connectivity index (χ3n) is 3.18. The Bertz CT molecular complexity index is 702. The third kappa shape index (κ3) is 1.98. The number of aryl methyl sites for hydroxylation is 1. The molecule has 3 aromatic rings. The van der Waals surface area contributed by atoms with E-state index in [0.29, 0.717) is 6.54 Å². The van der Waals surface area contributed by atoms with Gasteiger partial charge in [-0.3, -0.25) is 4.98 Å². The van der Waals surface area contributed by atoms with E-state index in [9.17, 15) is 0 Å². The summed E-state index contributed by atoms with van der Waals surface area (Å²) in [5.41, 5.74) is 9.65. The van der Waals surface area contributed by atoms with Gasteiger partial charge in [-0.1, -0.05) is 6.92 Å². The van der Waals surface area contributed by atoms with Gasteiger partial charge in [-0.15, -0.1) is 0 Å². The Kier molecular flexibility index (Phi) is 2.97. The van der Waals surface area contributed by atoms with Gasteiger partial charge in [0.1, 0.15) is 5.65 Å². The number of H-pyrrole nitrogens is 1. The second-order valence-electron chi connectivity index (χ2n) is 4.32. The van der Waals surface area contributed by atoms with Crippen LogP contribution in [0.15, 0.2) is 30.7 Å². The first kappa shape index (κ1) is 11.8. The first-order valence-corrected chi connectivity index (χ1v) is 6.30. The molecule has 0 saturated heterocycles. The number of nitrogens with zero attached hydrogens (tertiary/aromatic N) is 3. The lowest BCUT2D eigenvalue weighted by molar-refractivity contribution is 1.02. The maximum Gasteiger partial charge on any atom is 0.161 e. The fraction of sp³-hybridized carbons (Fsp3) is 0.214. The molecule has 0 spiro atoms. The monoisotopic (exact) mass is 253 g/mol. The standard InChI is InChI=1S/C14H15N5/c1-2-11-12-10(7-15)8-17-14(12)19-13(18-11)9-3-5-16-6-4-9/h3-6,8H,2,7,15H2,1H3,(H,17,18,19). The minimum Gasteiger partial charge on any atom is -0.346 e. The Morgan fingerprint density at radius 1 is 1.21 bits per heavy atom. The van der Waals surface area contributed by atoms with Crippen LogP contribution in [-0.2, 0) is 13.0 Å². The number of aromatic nitrogens is 4. The molecule has 0 amide bonds. The highest BCUT2D eigenvalue weighted by Crippen LogP contribution is 2.24. The zero-order valence-electron chi connectivity index (χ0n) is 10.7. The molecule has 0 atom stereocenters. The number of hydrogen-bond acceptors (Lipinski definition) is 4. The first-order valence-electron chi connectivity index (χ1n) is 6.30. The second-order valence-corrected chi connectivity index (χ2v) is 4.32. The van der Waals surface area contributed by atoms with E-state index in [2.05, 4.69) is 26.9 Å². The SMILES string of the molecule is CCc1nc(-c2ccncc2)nc2[nH]cc(CN)c12. The Labute approximate surface area is 110 Å². The molecule has 3 rings (SSSR count). The smallest absolute Gasteiger partial charge is 0.161 e. The van der Waals surface area contributed by atoms with Crippen molar-refractivity contribution in [2.75, 3.05) is 0 Å². The summed E-state index contributed by atoms with van der Waals surface area (Å²) in [6, 6.07) is 3.82. The van der Waals surface area contributed by atoms with Crippen LogP contribution >= 0.6 is 0 Å². The number of pyridine rings is 1. The molecule has 0 unspecified atom stereocenters. The number of aromatic amines is 1. The number of rotatable bonds is 3. The Balaban J connectivity index is 2.24. The van der Waals surface area contributed by atoms with Crippen molar-refractivity contribution >= 4 is 11.0 Å². The van der Waals surface area contributed by atoms with Crippen molar-refractivity contribution in [3.63, 3.8) is 0 Å². The van der Waals surface area contributed by atoms with Gasteiger partial charge in [0.15, 0.2) is 5.82 Å². The van der Waals surface area contributed by atoms with Gasteiger partial charge in [0.2, 0.25) is 0 Å². The molecule has 5 nitrogen and oxygen atoms in total. The van der Waals surface area contributed by atoms with Crippen molar-refractivity contribution in [2.24, 2.45) is 5.73 Å². The van der Waals surface area contributed by atoms with Gasteiger partial charge >= 0.3 is 0 Å². The molecule has 0 fully saturated rings. The van der Waals surface area contributed by atoms with Crippen molar-refractivity contribution in [1.82, 2.24) is 19.9 Å². The fourth-order valence-corrected chi connectivity index (χ4v) is 2.22. The molecule has 0 aromatic carbocycles. The second kappa shape index (κ2) is 4.78. The Hall–Kier alpha value is -2.27. The van der Waals surface area contributed by atoms with Crippen molar-refractivity contribution in [2.45, 2.75) is 19.9 Å². The van der Waals surface area contributed by atoms with Crippen LogP contribution < -0.4 is 5.73 Å². The van der Waals surface area contributed by atoms with E-state index >= 15 is 0 Å². The highest BCUT2D eigenvalue weighted by Gasteiger charge is 2.12. The summed E-state index contributed by atoms with van der Waals surface area (Å²) in [5, 5.41) is 1.06. The van der Waals surface area contributed by atoms with Crippen LogP contribution in [0.25, 0.3) is 22.4 Å².